The minimum atomic E-state index is -0.483. The normalized spacial score (nSPS) is 15.5. The van der Waals surface area contributed by atoms with E-state index in [1.54, 1.807) is 19.0 Å². The summed E-state index contributed by atoms with van der Waals surface area (Å²) in [7, 11) is 3.45. The monoisotopic (exact) mass is 514 g/mol. The van der Waals surface area contributed by atoms with E-state index in [9.17, 15) is 4.79 Å². The lowest BCUT2D eigenvalue weighted by molar-refractivity contribution is 0.0203. The summed E-state index contributed by atoms with van der Waals surface area (Å²) < 4.78 is 16.4. The van der Waals surface area contributed by atoms with Crippen molar-refractivity contribution in [1.29, 1.82) is 0 Å². The topological polar surface area (TPSA) is 84.4 Å². The highest BCUT2D eigenvalue weighted by molar-refractivity contribution is 14.0. The van der Waals surface area contributed by atoms with Crippen LogP contribution in [0.25, 0.3) is 0 Å². The number of carbonyl (C=O) groups is 1. The summed E-state index contributed by atoms with van der Waals surface area (Å²) >= 11 is 0. The Morgan fingerprint density at radius 3 is 2.46 bits per heavy atom. The maximum Gasteiger partial charge on any atom is 0.410 e. The molecule has 1 saturated heterocycles. The molecule has 1 aliphatic heterocycles. The predicted octanol–water partition coefficient (Wildman–Crippen LogP) is 2.47. The van der Waals surface area contributed by atoms with E-state index >= 15 is 0 Å². The smallest absolute Gasteiger partial charge is 0.410 e. The van der Waals surface area contributed by atoms with Gasteiger partial charge in [-0.15, -0.1) is 24.0 Å². The van der Waals surface area contributed by atoms with Gasteiger partial charge in [-0.3, -0.25) is 4.99 Å². The van der Waals surface area contributed by atoms with Gasteiger partial charge >= 0.3 is 6.09 Å². The molecular weight excluding hydrogens is 475 g/mol. The van der Waals surface area contributed by atoms with E-state index in [2.05, 4.69) is 15.6 Å². The first-order chi connectivity index (χ1) is 12.8. The Morgan fingerprint density at radius 1 is 1.21 bits per heavy atom. The average molecular weight is 514 g/mol. The zero-order valence-corrected chi connectivity index (χ0v) is 20.4. The van der Waals surface area contributed by atoms with Crippen molar-refractivity contribution in [2.45, 2.75) is 45.6 Å². The zero-order valence-electron chi connectivity index (χ0n) is 18.1. The van der Waals surface area contributed by atoms with Gasteiger partial charge in [-0.05, 0) is 46.0 Å². The quantitative estimate of drug-likeness (QED) is 0.213. The van der Waals surface area contributed by atoms with E-state index in [0.29, 0.717) is 19.0 Å². The van der Waals surface area contributed by atoms with Crippen molar-refractivity contribution < 1.29 is 19.0 Å². The fraction of sp³-hybridized carbons (Fsp3) is 0.895. The Morgan fingerprint density at radius 2 is 1.86 bits per heavy atom. The van der Waals surface area contributed by atoms with E-state index in [0.717, 1.165) is 58.2 Å². The molecule has 0 atom stereocenters. The van der Waals surface area contributed by atoms with Gasteiger partial charge in [-0.25, -0.2) is 4.79 Å². The number of carbonyl (C=O) groups excluding carboxylic acids is 1. The second-order valence-corrected chi connectivity index (χ2v) is 7.81. The van der Waals surface area contributed by atoms with Crippen LogP contribution in [0.15, 0.2) is 4.99 Å². The maximum absolute atomic E-state index is 11.9. The minimum Gasteiger partial charge on any atom is -0.444 e. The second kappa shape index (κ2) is 15.1. The first-order valence-corrected chi connectivity index (χ1v) is 9.86. The highest BCUT2D eigenvalue weighted by Crippen LogP contribution is 2.14. The van der Waals surface area contributed by atoms with Gasteiger partial charge in [0.2, 0.25) is 0 Å². The number of aliphatic imine (C=N–C) groups is 1. The number of nitrogens with one attached hydrogen (secondary N) is 2. The molecule has 0 aromatic rings. The molecule has 1 fully saturated rings. The Bertz CT molecular complexity index is 452. The number of hydrogen-bond acceptors (Lipinski definition) is 5. The molecule has 1 rings (SSSR count). The van der Waals surface area contributed by atoms with Crippen LogP contribution >= 0.6 is 24.0 Å². The summed E-state index contributed by atoms with van der Waals surface area (Å²) in [5, 5.41) is 6.45. The Kier molecular flexibility index (Phi) is 14.6. The van der Waals surface area contributed by atoms with Crippen LogP contribution in [0.1, 0.15) is 40.0 Å². The molecule has 1 heterocycles. The van der Waals surface area contributed by atoms with Gasteiger partial charge in [-0.2, -0.15) is 0 Å². The van der Waals surface area contributed by atoms with Gasteiger partial charge in [0.15, 0.2) is 5.96 Å². The van der Waals surface area contributed by atoms with Crippen molar-refractivity contribution in [1.82, 2.24) is 15.5 Å². The molecule has 1 aliphatic rings. The fourth-order valence-electron chi connectivity index (χ4n) is 2.54. The third-order valence-corrected chi connectivity index (χ3v) is 4.12. The Labute approximate surface area is 187 Å². The molecule has 28 heavy (non-hydrogen) atoms. The zero-order chi connectivity index (χ0) is 20.1. The van der Waals surface area contributed by atoms with Crippen LogP contribution in [-0.4, -0.2) is 82.7 Å². The lowest BCUT2D eigenvalue weighted by atomic mass is 10.0. The molecule has 0 radical (unpaired) electrons. The molecule has 0 aromatic heterocycles. The minimum absolute atomic E-state index is 0. The molecular formula is C19H39IN4O4. The molecule has 2 N–H and O–H groups in total. The number of amides is 1. The number of guanidine groups is 1. The van der Waals surface area contributed by atoms with Crippen molar-refractivity contribution >= 4 is 36.0 Å². The lowest BCUT2D eigenvalue weighted by Crippen LogP contribution is -2.43. The molecule has 8 nitrogen and oxygen atoms in total. The van der Waals surface area contributed by atoms with Crippen LogP contribution in [0.3, 0.4) is 0 Å². The molecule has 0 bridgehead atoms. The van der Waals surface area contributed by atoms with Gasteiger partial charge in [0, 0.05) is 60.2 Å². The van der Waals surface area contributed by atoms with Crippen molar-refractivity contribution in [2.24, 2.45) is 10.9 Å². The van der Waals surface area contributed by atoms with Crippen molar-refractivity contribution in [3.05, 3.63) is 0 Å². The Balaban J connectivity index is 0.00000729. The summed E-state index contributed by atoms with van der Waals surface area (Å²) in [4.78, 5) is 17.6. The maximum atomic E-state index is 11.9. The predicted molar refractivity (Wildman–Crippen MR) is 123 cm³/mol. The highest BCUT2D eigenvalue weighted by Gasteiger charge is 2.19. The molecule has 0 spiro atoms. The molecule has 9 heteroatoms. The number of ether oxygens (including phenoxy) is 3. The number of likely N-dealkylation sites (N-methyl/N-ethyl adjacent to an activating group) is 1. The van der Waals surface area contributed by atoms with E-state index < -0.39 is 5.60 Å². The number of halogens is 1. The molecule has 166 valence electrons. The SMILES string of the molecule is CN=C(NCCCOCC1CCOCC1)NCCN(C)C(=O)OC(C)(C)C.I. The van der Waals surface area contributed by atoms with Crippen LogP contribution in [0, 0.1) is 5.92 Å². The largest absolute Gasteiger partial charge is 0.444 e. The first-order valence-electron chi connectivity index (χ1n) is 9.86. The van der Waals surface area contributed by atoms with Crippen LogP contribution in [0.4, 0.5) is 4.79 Å². The summed E-state index contributed by atoms with van der Waals surface area (Å²) in [6.07, 6.45) is 2.80. The van der Waals surface area contributed by atoms with Crippen LogP contribution in [0.5, 0.6) is 0 Å². The fourth-order valence-corrected chi connectivity index (χ4v) is 2.54. The van der Waals surface area contributed by atoms with E-state index in [4.69, 9.17) is 14.2 Å². The van der Waals surface area contributed by atoms with Crippen molar-refractivity contribution in [3.63, 3.8) is 0 Å². The molecule has 1 amide bonds. The summed E-state index contributed by atoms with van der Waals surface area (Å²) in [5.74, 6) is 1.36. The number of nitrogens with zero attached hydrogens (tertiary/aromatic N) is 2. The van der Waals surface area contributed by atoms with Crippen LogP contribution < -0.4 is 10.6 Å². The van der Waals surface area contributed by atoms with E-state index in [1.807, 2.05) is 20.8 Å². The third kappa shape index (κ3) is 13.4. The average Bonchev–Trinajstić information content (AvgIpc) is 2.62. The number of rotatable bonds is 9. The second-order valence-electron chi connectivity index (χ2n) is 7.81. The summed E-state index contributed by atoms with van der Waals surface area (Å²) in [6.45, 7) is 10.8. The van der Waals surface area contributed by atoms with Gasteiger partial charge in [-0.1, -0.05) is 0 Å². The van der Waals surface area contributed by atoms with Crippen molar-refractivity contribution in [3.8, 4) is 0 Å². The summed E-state index contributed by atoms with van der Waals surface area (Å²) in [5.41, 5.74) is -0.483. The van der Waals surface area contributed by atoms with Gasteiger partial charge in [0.05, 0.1) is 0 Å². The summed E-state index contributed by atoms with van der Waals surface area (Å²) in [6, 6.07) is 0. The van der Waals surface area contributed by atoms with Gasteiger partial charge in [0.25, 0.3) is 0 Å². The molecule has 0 unspecified atom stereocenters. The Hall–Kier alpha value is -0.810. The van der Waals surface area contributed by atoms with Crippen LogP contribution in [-0.2, 0) is 14.2 Å². The third-order valence-electron chi connectivity index (χ3n) is 4.12. The molecule has 0 aliphatic carbocycles. The van der Waals surface area contributed by atoms with Gasteiger partial charge in [0.1, 0.15) is 5.60 Å². The van der Waals surface area contributed by atoms with Crippen molar-refractivity contribution in [2.75, 3.05) is 60.2 Å². The lowest BCUT2D eigenvalue weighted by Gasteiger charge is -2.25. The van der Waals surface area contributed by atoms with Crippen LogP contribution in [0.2, 0.25) is 0 Å². The van der Waals surface area contributed by atoms with E-state index in [1.165, 1.54) is 0 Å². The highest BCUT2D eigenvalue weighted by atomic mass is 127. The molecule has 0 saturated carbocycles. The standard InChI is InChI=1S/C19H38N4O4.HI/c1-19(2,3)27-18(24)23(5)11-10-22-17(20-4)21-9-6-12-26-15-16-7-13-25-14-8-16;/h16H,6-15H2,1-5H3,(H2,20,21,22);1H. The number of hydrogen-bond donors (Lipinski definition) is 2. The van der Waals surface area contributed by atoms with E-state index in [-0.39, 0.29) is 30.1 Å². The van der Waals surface area contributed by atoms with Gasteiger partial charge < -0.3 is 29.7 Å². The molecule has 0 aromatic carbocycles. The first kappa shape index (κ1) is 27.2.